The van der Waals surface area contributed by atoms with Crippen molar-refractivity contribution in [3.05, 3.63) is 52.8 Å². The van der Waals surface area contributed by atoms with Crippen LogP contribution in [-0.4, -0.2) is 29.2 Å². The zero-order chi connectivity index (χ0) is 20.2. The summed E-state index contributed by atoms with van der Waals surface area (Å²) in [4.78, 5) is 14.6. The molecule has 29 heavy (non-hydrogen) atoms. The summed E-state index contributed by atoms with van der Waals surface area (Å²) in [5.41, 5.74) is 0.642. The van der Waals surface area contributed by atoms with Crippen molar-refractivity contribution in [1.82, 2.24) is 10.2 Å². The van der Waals surface area contributed by atoms with Gasteiger partial charge in [0.25, 0.3) is 5.91 Å². The molecule has 0 aliphatic carbocycles. The third-order valence-electron chi connectivity index (χ3n) is 4.43. The number of rotatable bonds is 5. The Hall–Kier alpha value is -3.15. The van der Waals surface area contributed by atoms with Gasteiger partial charge in [0, 0.05) is 24.7 Å². The number of furan rings is 1. The van der Waals surface area contributed by atoms with Gasteiger partial charge < -0.3 is 9.32 Å². The maximum absolute atomic E-state index is 12.5. The fraction of sp³-hybridized carbons (Fsp3) is 0.200. The molecule has 146 valence electrons. The van der Waals surface area contributed by atoms with E-state index in [9.17, 15) is 10.1 Å². The molecule has 1 aliphatic heterocycles. The van der Waals surface area contributed by atoms with Crippen LogP contribution in [0.2, 0.25) is 5.02 Å². The standard InChI is InChI=1S/C20H16ClN5O2S/c21-16-6-2-1-5-15(16)17-8-7-14(28-17)11-13(12-22)18(27)23-19-24-25-20(29-19)26-9-3-4-10-26/h1-2,5-8,11H,3-4,9-10H2,(H,23,24,27)/b13-11-. The number of aromatic nitrogens is 2. The summed E-state index contributed by atoms with van der Waals surface area (Å²) in [6.07, 6.45) is 3.64. The third kappa shape index (κ3) is 4.31. The van der Waals surface area contributed by atoms with Crippen molar-refractivity contribution in [3.63, 3.8) is 0 Å². The number of carbonyl (C=O) groups is 1. The van der Waals surface area contributed by atoms with Crippen LogP contribution in [0.5, 0.6) is 0 Å². The molecule has 7 nitrogen and oxygen atoms in total. The van der Waals surface area contributed by atoms with Crippen LogP contribution in [-0.2, 0) is 4.79 Å². The molecule has 1 fully saturated rings. The summed E-state index contributed by atoms with van der Waals surface area (Å²) >= 11 is 7.48. The van der Waals surface area contributed by atoms with Crippen LogP contribution in [0.4, 0.5) is 10.3 Å². The molecular formula is C20H16ClN5O2S. The molecule has 1 aromatic carbocycles. The average molecular weight is 426 g/mol. The number of benzene rings is 1. The van der Waals surface area contributed by atoms with E-state index in [1.807, 2.05) is 24.3 Å². The summed E-state index contributed by atoms with van der Waals surface area (Å²) in [5, 5.41) is 21.8. The Labute approximate surface area is 176 Å². The van der Waals surface area contributed by atoms with Crippen molar-refractivity contribution < 1.29 is 9.21 Å². The molecule has 2 aromatic heterocycles. The number of carbonyl (C=O) groups excluding carboxylic acids is 1. The second-order valence-electron chi connectivity index (χ2n) is 6.39. The van der Waals surface area contributed by atoms with Crippen LogP contribution >= 0.6 is 22.9 Å². The third-order valence-corrected chi connectivity index (χ3v) is 5.66. The van der Waals surface area contributed by atoms with Crippen LogP contribution in [0.15, 0.2) is 46.4 Å². The lowest BCUT2D eigenvalue weighted by Crippen LogP contribution is -2.17. The smallest absolute Gasteiger partial charge is 0.268 e. The highest BCUT2D eigenvalue weighted by Gasteiger charge is 2.19. The Morgan fingerprint density at radius 2 is 2.03 bits per heavy atom. The monoisotopic (exact) mass is 425 g/mol. The minimum Gasteiger partial charge on any atom is -0.457 e. The molecule has 0 unspecified atom stereocenters. The first kappa shape index (κ1) is 19.2. The van der Waals surface area contributed by atoms with Crippen molar-refractivity contribution in [2.45, 2.75) is 12.8 Å². The summed E-state index contributed by atoms with van der Waals surface area (Å²) in [5.74, 6) is 0.368. The van der Waals surface area contributed by atoms with E-state index in [0.717, 1.165) is 36.6 Å². The molecule has 0 bridgehead atoms. The fourth-order valence-corrected chi connectivity index (χ4v) is 4.01. The van der Waals surface area contributed by atoms with Gasteiger partial charge in [-0.05, 0) is 37.1 Å². The van der Waals surface area contributed by atoms with E-state index in [0.29, 0.717) is 21.7 Å². The number of halogens is 1. The molecule has 1 amide bonds. The van der Waals surface area contributed by atoms with Crippen LogP contribution in [0, 0.1) is 11.3 Å². The minimum atomic E-state index is -0.563. The van der Waals surface area contributed by atoms with Gasteiger partial charge in [0.15, 0.2) is 0 Å². The molecule has 3 aromatic rings. The van der Waals surface area contributed by atoms with Gasteiger partial charge in [0.2, 0.25) is 10.3 Å². The highest BCUT2D eigenvalue weighted by atomic mass is 35.5. The number of nitrogens with zero attached hydrogens (tertiary/aromatic N) is 4. The quantitative estimate of drug-likeness (QED) is 0.474. The molecule has 9 heteroatoms. The number of hydrogen-bond donors (Lipinski definition) is 1. The Bertz CT molecular complexity index is 1110. The van der Waals surface area contributed by atoms with Crippen LogP contribution in [0.3, 0.4) is 0 Å². The number of nitriles is 1. The Kier molecular flexibility index (Phi) is 5.60. The number of anilines is 2. The van der Waals surface area contributed by atoms with E-state index in [-0.39, 0.29) is 5.57 Å². The maximum Gasteiger partial charge on any atom is 0.268 e. The van der Waals surface area contributed by atoms with Gasteiger partial charge in [-0.2, -0.15) is 5.26 Å². The average Bonchev–Trinajstić information content (AvgIpc) is 3.47. The Morgan fingerprint density at radius 1 is 1.24 bits per heavy atom. The van der Waals surface area contributed by atoms with Gasteiger partial charge in [-0.25, -0.2) is 0 Å². The highest BCUT2D eigenvalue weighted by Crippen LogP contribution is 2.30. The lowest BCUT2D eigenvalue weighted by Gasteiger charge is -2.10. The maximum atomic E-state index is 12.5. The lowest BCUT2D eigenvalue weighted by atomic mass is 10.2. The SMILES string of the molecule is N#C/C(=C/c1ccc(-c2ccccc2Cl)o1)C(=O)Nc1nnc(N2CCCC2)s1. The topological polar surface area (TPSA) is 95.0 Å². The van der Waals surface area contributed by atoms with E-state index in [1.165, 1.54) is 17.4 Å². The Morgan fingerprint density at radius 3 is 2.79 bits per heavy atom. The number of hydrogen-bond acceptors (Lipinski definition) is 7. The van der Waals surface area contributed by atoms with Crippen molar-refractivity contribution in [2.75, 3.05) is 23.3 Å². The summed E-state index contributed by atoms with van der Waals surface area (Å²) in [6, 6.07) is 12.6. The second-order valence-corrected chi connectivity index (χ2v) is 7.75. The summed E-state index contributed by atoms with van der Waals surface area (Å²) < 4.78 is 5.73. The zero-order valence-corrected chi connectivity index (χ0v) is 16.8. The van der Waals surface area contributed by atoms with Crippen LogP contribution in [0.1, 0.15) is 18.6 Å². The molecule has 3 heterocycles. The zero-order valence-electron chi connectivity index (χ0n) is 15.3. The molecule has 1 aliphatic rings. The van der Waals surface area contributed by atoms with Gasteiger partial charge >= 0.3 is 0 Å². The molecule has 1 saturated heterocycles. The molecule has 0 atom stereocenters. The highest BCUT2D eigenvalue weighted by molar-refractivity contribution is 7.19. The van der Waals surface area contributed by atoms with E-state index >= 15 is 0 Å². The van der Waals surface area contributed by atoms with Gasteiger partial charge in [0.1, 0.15) is 23.2 Å². The van der Waals surface area contributed by atoms with E-state index < -0.39 is 5.91 Å². The first-order valence-corrected chi connectivity index (χ1v) is 10.2. The van der Waals surface area contributed by atoms with Crippen molar-refractivity contribution in [3.8, 4) is 17.4 Å². The first-order valence-electron chi connectivity index (χ1n) is 9.00. The largest absolute Gasteiger partial charge is 0.457 e. The number of amides is 1. The van der Waals surface area contributed by atoms with Gasteiger partial charge in [0.05, 0.1) is 5.02 Å². The molecular weight excluding hydrogens is 410 g/mol. The van der Waals surface area contributed by atoms with Gasteiger partial charge in [-0.3, -0.25) is 10.1 Å². The van der Waals surface area contributed by atoms with Gasteiger partial charge in [-0.15, -0.1) is 10.2 Å². The van der Waals surface area contributed by atoms with E-state index in [2.05, 4.69) is 20.4 Å². The molecule has 1 N–H and O–H groups in total. The first-order chi connectivity index (χ1) is 14.1. The number of nitrogens with one attached hydrogen (secondary N) is 1. The molecule has 4 rings (SSSR count). The fourth-order valence-electron chi connectivity index (χ4n) is 2.99. The van der Waals surface area contributed by atoms with E-state index in [1.54, 1.807) is 18.2 Å². The van der Waals surface area contributed by atoms with E-state index in [4.69, 9.17) is 16.0 Å². The molecule has 0 radical (unpaired) electrons. The van der Waals surface area contributed by atoms with Crippen molar-refractivity contribution >= 4 is 45.2 Å². The predicted molar refractivity (Wildman–Crippen MR) is 113 cm³/mol. The Balaban J connectivity index is 1.48. The molecule has 0 spiro atoms. The predicted octanol–water partition coefficient (Wildman–Crippen LogP) is 4.60. The molecule has 0 saturated carbocycles. The normalized spacial score (nSPS) is 14.1. The minimum absolute atomic E-state index is 0.0945. The summed E-state index contributed by atoms with van der Waals surface area (Å²) in [7, 11) is 0. The summed E-state index contributed by atoms with van der Waals surface area (Å²) in [6.45, 7) is 1.89. The van der Waals surface area contributed by atoms with Crippen LogP contribution < -0.4 is 10.2 Å². The van der Waals surface area contributed by atoms with Crippen LogP contribution in [0.25, 0.3) is 17.4 Å². The van der Waals surface area contributed by atoms with Crippen molar-refractivity contribution in [1.29, 1.82) is 5.26 Å². The van der Waals surface area contributed by atoms with Crippen molar-refractivity contribution in [2.24, 2.45) is 0 Å². The second kappa shape index (κ2) is 8.47. The van der Waals surface area contributed by atoms with Gasteiger partial charge in [-0.1, -0.05) is 35.1 Å². The lowest BCUT2D eigenvalue weighted by molar-refractivity contribution is -0.112.